The summed E-state index contributed by atoms with van der Waals surface area (Å²) < 4.78 is 7.97. The normalized spacial score (nSPS) is 25.1. The summed E-state index contributed by atoms with van der Waals surface area (Å²) in [6, 6.07) is 0.593. The molecule has 5 heteroatoms. The molecule has 5 nitrogen and oxygen atoms in total. The fourth-order valence-electron chi connectivity index (χ4n) is 3.04. The van der Waals surface area contributed by atoms with Crippen molar-refractivity contribution < 1.29 is 4.74 Å². The summed E-state index contributed by atoms with van der Waals surface area (Å²) in [4.78, 5) is 2.43. The molecular formula is C15H28N4O. The van der Waals surface area contributed by atoms with Gasteiger partial charge in [0.25, 0.3) is 0 Å². The zero-order valence-electron chi connectivity index (χ0n) is 13.3. The maximum atomic E-state index is 6.04. The average molecular weight is 280 g/mol. The van der Waals surface area contributed by atoms with E-state index in [-0.39, 0.29) is 17.7 Å². The number of ether oxygens (including phenoxy) is 1. The highest BCUT2D eigenvalue weighted by molar-refractivity contribution is 5.12. The van der Waals surface area contributed by atoms with Crippen LogP contribution < -0.4 is 5.73 Å². The molecule has 2 heterocycles. The van der Waals surface area contributed by atoms with Crippen LogP contribution >= 0.6 is 0 Å². The summed E-state index contributed by atoms with van der Waals surface area (Å²) in [7, 11) is 0. The molecule has 2 rings (SSSR count). The molecule has 0 aliphatic carbocycles. The van der Waals surface area contributed by atoms with Crippen molar-refractivity contribution in [2.24, 2.45) is 5.73 Å². The summed E-state index contributed by atoms with van der Waals surface area (Å²) in [6.07, 6.45) is 4.30. The second kappa shape index (κ2) is 5.84. The molecule has 0 spiro atoms. The Morgan fingerprint density at radius 3 is 2.70 bits per heavy atom. The summed E-state index contributed by atoms with van der Waals surface area (Å²) in [5, 5.41) is 4.44. The molecule has 1 aliphatic rings. The first-order chi connectivity index (χ1) is 9.32. The lowest BCUT2D eigenvalue weighted by molar-refractivity contribution is -0.137. The molecular weight excluding hydrogens is 252 g/mol. The Kier molecular flexibility index (Phi) is 4.52. The highest BCUT2D eigenvalue weighted by atomic mass is 16.5. The second-order valence-electron chi connectivity index (χ2n) is 6.72. The molecule has 114 valence electrons. The predicted octanol–water partition coefficient (Wildman–Crippen LogP) is 1.96. The summed E-state index contributed by atoms with van der Waals surface area (Å²) >= 11 is 0. The van der Waals surface area contributed by atoms with E-state index in [0.717, 1.165) is 13.1 Å². The third-order valence-corrected chi connectivity index (χ3v) is 3.80. The molecule has 1 saturated heterocycles. The zero-order chi connectivity index (χ0) is 14.9. The lowest BCUT2D eigenvalue weighted by Crippen LogP contribution is -2.53. The van der Waals surface area contributed by atoms with E-state index in [1.165, 1.54) is 5.56 Å². The first kappa shape index (κ1) is 15.5. The molecule has 0 saturated carbocycles. The third kappa shape index (κ3) is 3.40. The van der Waals surface area contributed by atoms with Gasteiger partial charge in [0.15, 0.2) is 0 Å². The minimum Gasteiger partial charge on any atom is -0.370 e. The van der Waals surface area contributed by atoms with E-state index in [2.05, 4.69) is 50.8 Å². The Morgan fingerprint density at radius 1 is 1.50 bits per heavy atom. The molecule has 0 aromatic carbocycles. The van der Waals surface area contributed by atoms with Crippen molar-refractivity contribution >= 4 is 0 Å². The van der Waals surface area contributed by atoms with Crippen LogP contribution in [0.15, 0.2) is 12.4 Å². The first-order valence-corrected chi connectivity index (χ1v) is 7.48. The van der Waals surface area contributed by atoms with Crippen molar-refractivity contribution in [2.75, 3.05) is 19.6 Å². The number of nitrogens with zero attached hydrogens (tertiary/aromatic N) is 3. The number of morpholine rings is 1. The number of hydrogen-bond acceptors (Lipinski definition) is 4. The number of nitrogens with two attached hydrogens (primary N) is 1. The van der Waals surface area contributed by atoms with E-state index in [1.807, 2.05) is 10.9 Å². The van der Waals surface area contributed by atoms with Crippen molar-refractivity contribution in [1.82, 2.24) is 14.7 Å². The Bertz CT molecular complexity index is 441. The van der Waals surface area contributed by atoms with Gasteiger partial charge in [-0.05, 0) is 34.6 Å². The molecule has 2 unspecified atom stereocenters. The molecule has 0 amide bonds. The first-order valence-electron chi connectivity index (χ1n) is 7.48. The van der Waals surface area contributed by atoms with Crippen LogP contribution in [0.3, 0.4) is 0 Å². The lowest BCUT2D eigenvalue weighted by atomic mass is 10.0. The van der Waals surface area contributed by atoms with Gasteiger partial charge in [0.1, 0.15) is 0 Å². The van der Waals surface area contributed by atoms with Gasteiger partial charge in [0, 0.05) is 37.4 Å². The van der Waals surface area contributed by atoms with Crippen molar-refractivity contribution in [1.29, 1.82) is 0 Å². The molecule has 1 aliphatic heterocycles. The summed E-state index contributed by atoms with van der Waals surface area (Å²) in [5.74, 6) is 0. The van der Waals surface area contributed by atoms with Crippen LogP contribution in [0.25, 0.3) is 0 Å². The molecule has 2 N–H and O–H groups in total. The van der Waals surface area contributed by atoms with Gasteiger partial charge in [-0.2, -0.15) is 5.10 Å². The van der Waals surface area contributed by atoms with Crippen LogP contribution in [0.2, 0.25) is 0 Å². The monoisotopic (exact) mass is 280 g/mol. The minimum absolute atomic E-state index is 0.126. The number of hydrogen-bond donors (Lipinski definition) is 1. The van der Waals surface area contributed by atoms with Crippen molar-refractivity contribution in [2.45, 2.75) is 58.4 Å². The van der Waals surface area contributed by atoms with E-state index < -0.39 is 0 Å². The Labute approximate surface area is 122 Å². The van der Waals surface area contributed by atoms with Gasteiger partial charge >= 0.3 is 0 Å². The molecule has 1 aromatic rings. The van der Waals surface area contributed by atoms with E-state index in [1.54, 1.807) is 0 Å². The second-order valence-corrected chi connectivity index (χ2v) is 6.72. The molecule has 0 radical (unpaired) electrons. The standard InChI is InChI=1S/C15H28N4O/c1-11(2)19-9-13(7-17-19)14(6-16)18-8-12(3)20-15(4,5)10-18/h7,9,11-12,14H,6,8,10,16H2,1-5H3. The maximum Gasteiger partial charge on any atom is 0.0757 e. The quantitative estimate of drug-likeness (QED) is 0.916. The molecule has 20 heavy (non-hydrogen) atoms. The van der Waals surface area contributed by atoms with Crippen LogP contribution in [0.4, 0.5) is 0 Å². The number of rotatable bonds is 4. The summed E-state index contributed by atoms with van der Waals surface area (Å²) in [5.41, 5.74) is 7.11. The predicted molar refractivity (Wildman–Crippen MR) is 80.6 cm³/mol. The highest BCUT2D eigenvalue weighted by Gasteiger charge is 2.35. The van der Waals surface area contributed by atoms with Crippen molar-refractivity contribution in [3.05, 3.63) is 18.0 Å². The van der Waals surface area contributed by atoms with E-state index in [4.69, 9.17) is 10.5 Å². The minimum atomic E-state index is -0.126. The maximum absolute atomic E-state index is 6.04. The third-order valence-electron chi connectivity index (χ3n) is 3.80. The van der Waals surface area contributed by atoms with Crippen molar-refractivity contribution in [3.8, 4) is 0 Å². The largest absolute Gasteiger partial charge is 0.370 e. The fraction of sp³-hybridized carbons (Fsp3) is 0.800. The fourth-order valence-corrected chi connectivity index (χ4v) is 3.04. The Morgan fingerprint density at radius 2 is 2.20 bits per heavy atom. The van der Waals surface area contributed by atoms with Crippen LogP contribution in [-0.2, 0) is 4.74 Å². The van der Waals surface area contributed by atoms with Crippen molar-refractivity contribution in [3.63, 3.8) is 0 Å². The smallest absolute Gasteiger partial charge is 0.0757 e. The average Bonchev–Trinajstić information content (AvgIpc) is 2.76. The highest BCUT2D eigenvalue weighted by Crippen LogP contribution is 2.28. The Hall–Kier alpha value is -0.910. The van der Waals surface area contributed by atoms with Gasteiger partial charge in [-0.25, -0.2) is 0 Å². The van der Waals surface area contributed by atoms with Gasteiger partial charge in [-0.1, -0.05) is 0 Å². The number of aromatic nitrogens is 2. The van der Waals surface area contributed by atoms with Crippen LogP contribution in [0, 0.1) is 0 Å². The van der Waals surface area contributed by atoms with Gasteiger partial charge < -0.3 is 10.5 Å². The van der Waals surface area contributed by atoms with Gasteiger partial charge in [-0.15, -0.1) is 0 Å². The van der Waals surface area contributed by atoms with Gasteiger partial charge in [0.05, 0.1) is 23.9 Å². The lowest BCUT2D eigenvalue weighted by Gasteiger charge is -2.44. The van der Waals surface area contributed by atoms with E-state index in [0.29, 0.717) is 12.6 Å². The molecule has 2 atom stereocenters. The Balaban J connectivity index is 2.18. The SMILES string of the molecule is CC1CN(C(CN)c2cnn(C(C)C)c2)CC(C)(C)O1. The molecule has 0 bridgehead atoms. The van der Waals surface area contributed by atoms with E-state index >= 15 is 0 Å². The van der Waals surface area contributed by atoms with Crippen LogP contribution in [0.5, 0.6) is 0 Å². The van der Waals surface area contributed by atoms with Crippen LogP contribution in [0.1, 0.15) is 52.3 Å². The summed E-state index contributed by atoms with van der Waals surface area (Å²) in [6.45, 7) is 13.1. The van der Waals surface area contributed by atoms with Gasteiger partial charge in [-0.3, -0.25) is 9.58 Å². The molecule has 1 fully saturated rings. The topological polar surface area (TPSA) is 56.3 Å². The zero-order valence-corrected chi connectivity index (χ0v) is 13.3. The van der Waals surface area contributed by atoms with Gasteiger partial charge in [0.2, 0.25) is 0 Å². The van der Waals surface area contributed by atoms with Crippen LogP contribution in [-0.4, -0.2) is 46.0 Å². The molecule has 1 aromatic heterocycles. The van der Waals surface area contributed by atoms with E-state index in [9.17, 15) is 0 Å².